The number of likely N-dealkylation sites (N-methyl/N-ethyl adjacent to an activating group) is 1. The lowest BCUT2D eigenvalue weighted by atomic mass is 9.76. The summed E-state index contributed by atoms with van der Waals surface area (Å²) in [5.41, 5.74) is 1.70. The predicted molar refractivity (Wildman–Crippen MR) is 108 cm³/mol. The summed E-state index contributed by atoms with van der Waals surface area (Å²) < 4.78 is 13.0. The van der Waals surface area contributed by atoms with Gasteiger partial charge in [-0.05, 0) is 49.8 Å². The Bertz CT molecular complexity index is 1000. The molecule has 2 aromatic rings. The molecular weight excluding hydrogens is 412 g/mol. The molecule has 0 aliphatic carbocycles. The summed E-state index contributed by atoms with van der Waals surface area (Å²) in [4.78, 5) is 12.9. The number of rotatable bonds is 2. The molecule has 1 unspecified atom stereocenters. The normalized spacial score (nSPS) is 21.6. The minimum Gasteiger partial charge on any atom is -0.493 e. The second-order valence-electron chi connectivity index (χ2n) is 7.30. The standard InChI is InChI=1S/C20H19BrN2O4/c1-19(2)15-10-13(21)5-6-16(15)22(3)20(19)8-7-12-9-14(23(24)25)11-17(26-4)18(12)27-20/h5-11H,1-4H3. The van der Waals surface area contributed by atoms with Crippen LogP contribution in [0.15, 0.2) is 40.9 Å². The van der Waals surface area contributed by atoms with E-state index in [1.165, 1.54) is 19.2 Å². The number of nitro groups is 1. The Labute approximate surface area is 165 Å². The summed E-state index contributed by atoms with van der Waals surface area (Å²) in [6.07, 6.45) is 3.86. The molecule has 2 heterocycles. The third-order valence-corrected chi connectivity index (χ3v) is 6.13. The molecule has 140 valence electrons. The number of hydrogen-bond acceptors (Lipinski definition) is 5. The number of nitrogens with zero attached hydrogens (tertiary/aromatic N) is 2. The minimum absolute atomic E-state index is 0.0268. The number of benzene rings is 2. The van der Waals surface area contributed by atoms with Crippen LogP contribution in [-0.2, 0) is 5.41 Å². The Morgan fingerprint density at radius 3 is 2.67 bits per heavy atom. The Kier molecular flexibility index (Phi) is 3.79. The molecule has 27 heavy (non-hydrogen) atoms. The van der Waals surface area contributed by atoms with Crippen LogP contribution in [-0.4, -0.2) is 24.8 Å². The fourth-order valence-corrected chi connectivity index (χ4v) is 4.46. The number of methoxy groups -OCH3 is 1. The highest BCUT2D eigenvalue weighted by atomic mass is 79.9. The highest BCUT2D eigenvalue weighted by Gasteiger charge is 2.58. The van der Waals surface area contributed by atoms with Gasteiger partial charge in [0, 0.05) is 28.8 Å². The van der Waals surface area contributed by atoms with Gasteiger partial charge in [0.1, 0.15) is 0 Å². The zero-order valence-electron chi connectivity index (χ0n) is 15.4. The molecule has 1 atom stereocenters. The van der Waals surface area contributed by atoms with Gasteiger partial charge in [0.15, 0.2) is 11.5 Å². The average Bonchev–Trinajstić information content (AvgIpc) is 2.79. The molecule has 1 spiro atoms. The van der Waals surface area contributed by atoms with Crippen molar-refractivity contribution in [3.8, 4) is 11.5 Å². The maximum atomic E-state index is 11.2. The van der Waals surface area contributed by atoms with Crippen molar-refractivity contribution in [3.63, 3.8) is 0 Å². The fraction of sp³-hybridized carbons (Fsp3) is 0.300. The van der Waals surface area contributed by atoms with Crippen LogP contribution in [0.2, 0.25) is 0 Å². The second-order valence-corrected chi connectivity index (χ2v) is 8.22. The summed E-state index contributed by atoms with van der Waals surface area (Å²) in [5.74, 6) is 0.863. The topological polar surface area (TPSA) is 64.8 Å². The van der Waals surface area contributed by atoms with E-state index in [9.17, 15) is 10.1 Å². The maximum Gasteiger partial charge on any atom is 0.274 e. The number of ether oxygens (including phenoxy) is 2. The van der Waals surface area contributed by atoms with Gasteiger partial charge in [-0.1, -0.05) is 15.9 Å². The van der Waals surface area contributed by atoms with Crippen molar-refractivity contribution in [1.29, 1.82) is 0 Å². The number of nitro benzene ring substituents is 1. The zero-order chi connectivity index (χ0) is 19.6. The van der Waals surface area contributed by atoms with Gasteiger partial charge in [-0.2, -0.15) is 0 Å². The van der Waals surface area contributed by atoms with Gasteiger partial charge in [-0.3, -0.25) is 10.1 Å². The first-order valence-corrected chi connectivity index (χ1v) is 9.29. The first kappa shape index (κ1) is 17.9. The summed E-state index contributed by atoms with van der Waals surface area (Å²) in [5, 5.41) is 11.2. The van der Waals surface area contributed by atoms with Crippen LogP contribution in [0.1, 0.15) is 25.0 Å². The Balaban J connectivity index is 1.89. The number of anilines is 1. The van der Waals surface area contributed by atoms with Crippen molar-refractivity contribution in [1.82, 2.24) is 0 Å². The van der Waals surface area contributed by atoms with Crippen molar-refractivity contribution in [2.75, 3.05) is 19.1 Å². The van der Waals surface area contributed by atoms with Crippen molar-refractivity contribution < 1.29 is 14.4 Å². The quantitative estimate of drug-likeness (QED) is 0.500. The summed E-state index contributed by atoms with van der Waals surface area (Å²) in [6.45, 7) is 4.27. The van der Waals surface area contributed by atoms with E-state index in [2.05, 4.69) is 46.8 Å². The number of fused-ring (bicyclic) bond motifs is 2. The highest BCUT2D eigenvalue weighted by molar-refractivity contribution is 9.10. The molecule has 0 radical (unpaired) electrons. The molecule has 0 saturated carbocycles. The zero-order valence-corrected chi connectivity index (χ0v) is 17.0. The second kappa shape index (κ2) is 5.73. The van der Waals surface area contributed by atoms with E-state index in [1.807, 2.05) is 25.3 Å². The van der Waals surface area contributed by atoms with Gasteiger partial charge in [-0.15, -0.1) is 0 Å². The van der Waals surface area contributed by atoms with Crippen molar-refractivity contribution in [2.24, 2.45) is 0 Å². The molecule has 2 aliphatic heterocycles. The lowest BCUT2D eigenvalue weighted by Crippen LogP contribution is -2.58. The summed E-state index contributed by atoms with van der Waals surface area (Å²) in [6, 6.07) is 9.09. The van der Waals surface area contributed by atoms with E-state index in [0.29, 0.717) is 17.1 Å². The molecular formula is C20H19BrN2O4. The van der Waals surface area contributed by atoms with E-state index in [1.54, 1.807) is 0 Å². The van der Waals surface area contributed by atoms with Crippen LogP contribution in [0.4, 0.5) is 11.4 Å². The van der Waals surface area contributed by atoms with Crippen LogP contribution >= 0.6 is 15.9 Å². The molecule has 2 aliphatic rings. The lowest BCUT2D eigenvalue weighted by molar-refractivity contribution is -0.385. The summed E-state index contributed by atoms with van der Waals surface area (Å²) >= 11 is 3.56. The molecule has 0 saturated heterocycles. The van der Waals surface area contributed by atoms with E-state index in [0.717, 1.165) is 15.7 Å². The van der Waals surface area contributed by atoms with Crippen molar-refractivity contribution in [2.45, 2.75) is 25.0 Å². The number of halogens is 1. The smallest absolute Gasteiger partial charge is 0.274 e. The van der Waals surface area contributed by atoms with E-state index >= 15 is 0 Å². The largest absolute Gasteiger partial charge is 0.493 e. The predicted octanol–water partition coefficient (Wildman–Crippen LogP) is 4.90. The number of non-ortho nitro benzene ring substituents is 1. The van der Waals surface area contributed by atoms with Crippen LogP contribution in [0.25, 0.3) is 6.08 Å². The van der Waals surface area contributed by atoms with Crippen molar-refractivity contribution >= 4 is 33.4 Å². The number of hydrogen-bond donors (Lipinski definition) is 0. The molecule has 4 rings (SSSR count). The lowest BCUT2D eigenvalue weighted by Gasteiger charge is -2.45. The van der Waals surface area contributed by atoms with Crippen LogP contribution < -0.4 is 14.4 Å². The molecule has 0 fully saturated rings. The summed E-state index contributed by atoms with van der Waals surface area (Å²) in [7, 11) is 3.48. The van der Waals surface area contributed by atoms with Gasteiger partial charge in [0.2, 0.25) is 5.72 Å². The fourth-order valence-electron chi connectivity index (χ4n) is 4.10. The van der Waals surface area contributed by atoms with Gasteiger partial charge in [-0.25, -0.2) is 0 Å². The Hall–Kier alpha value is -2.54. The van der Waals surface area contributed by atoms with E-state index < -0.39 is 10.6 Å². The van der Waals surface area contributed by atoms with Crippen molar-refractivity contribution in [3.05, 3.63) is 62.1 Å². The van der Waals surface area contributed by atoms with Gasteiger partial charge < -0.3 is 14.4 Å². The molecule has 0 aromatic heterocycles. The molecule has 0 bridgehead atoms. The van der Waals surface area contributed by atoms with E-state index in [-0.39, 0.29) is 11.1 Å². The Morgan fingerprint density at radius 1 is 1.26 bits per heavy atom. The molecule has 2 aromatic carbocycles. The van der Waals surface area contributed by atoms with Gasteiger partial charge >= 0.3 is 0 Å². The highest BCUT2D eigenvalue weighted by Crippen LogP contribution is 2.56. The Morgan fingerprint density at radius 2 is 2.00 bits per heavy atom. The van der Waals surface area contributed by atoms with Gasteiger partial charge in [0.05, 0.1) is 23.5 Å². The average molecular weight is 431 g/mol. The van der Waals surface area contributed by atoms with Crippen LogP contribution in [0, 0.1) is 10.1 Å². The third kappa shape index (κ3) is 2.31. The van der Waals surface area contributed by atoms with Gasteiger partial charge in [0.25, 0.3) is 5.69 Å². The first-order chi connectivity index (χ1) is 12.7. The monoisotopic (exact) mass is 430 g/mol. The third-order valence-electron chi connectivity index (χ3n) is 5.63. The van der Waals surface area contributed by atoms with Crippen LogP contribution in [0.3, 0.4) is 0 Å². The molecule has 0 N–H and O–H groups in total. The molecule has 6 nitrogen and oxygen atoms in total. The maximum absolute atomic E-state index is 11.2. The molecule has 0 amide bonds. The molecule has 7 heteroatoms. The first-order valence-electron chi connectivity index (χ1n) is 8.50. The minimum atomic E-state index is -0.771. The SMILES string of the molecule is COc1cc([N+](=O)[O-])cc2c1OC1(C=C2)N(C)c2ccc(Br)cc2C1(C)C. The van der Waals surface area contributed by atoms with Crippen LogP contribution in [0.5, 0.6) is 11.5 Å². The van der Waals surface area contributed by atoms with E-state index in [4.69, 9.17) is 9.47 Å².